The number of halogens is 1. The lowest BCUT2D eigenvalue weighted by atomic mass is 10.2. The van der Waals surface area contributed by atoms with Crippen molar-refractivity contribution in [1.82, 2.24) is 9.80 Å². The largest absolute Gasteiger partial charge is 0.331 e. The van der Waals surface area contributed by atoms with Crippen LogP contribution in [0.3, 0.4) is 0 Å². The Labute approximate surface area is 78.3 Å². The lowest BCUT2D eigenvalue weighted by Gasteiger charge is -2.23. The van der Waals surface area contributed by atoms with Crippen molar-refractivity contribution in [3.05, 3.63) is 0 Å². The van der Waals surface area contributed by atoms with Crippen LogP contribution in [-0.2, 0) is 0 Å². The van der Waals surface area contributed by atoms with Crippen LogP contribution in [0.15, 0.2) is 0 Å². The van der Waals surface area contributed by atoms with Gasteiger partial charge in [0.05, 0.1) is 0 Å². The van der Waals surface area contributed by atoms with Crippen LogP contribution in [0.2, 0.25) is 0 Å². The first-order valence-corrected chi connectivity index (χ1v) is 4.60. The molecular weight excluding hydrogens is 176 g/mol. The standard InChI is InChI=1S/C8H15ClN2O/c1-10-5-3-4-7(10)6-11(2)8(9)12/h7H,3-6H2,1-2H3. The van der Waals surface area contributed by atoms with E-state index in [2.05, 4.69) is 11.9 Å². The summed E-state index contributed by atoms with van der Waals surface area (Å²) in [5, 5.41) is -0.365. The lowest BCUT2D eigenvalue weighted by molar-refractivity contribution is 0.209. The zero-order chi connectivity index (χ0) is 9.14. The Balaban J connectivity index is 2.35. The number of amides is 1. The van der Waals surface area contributed by atoms with E-state index in [-0.39, 0.29) is 5.37 Å². The fourth-order valence-corrected chi connectivity index (χ4v) is 1.67. The topological polar surface area (TPSA) is 23.6 Å². The first-order valence-electron chi connectivity index (χ1n) is 4.22. The summed E-state index contributed by atoms with van der Waals surface area (Å²) in [4.78, 5) is 14.5. The first-order chi connectivity index (χ1) is 5.61. The summed E-state index contributed by atoms with van der Waals surface area (Å²) < 4.78 is 0. The number of likely N-dealkylation sites (tertiary alicyclic amines) is 1. The van der Waals surface area contributed by atoms with Gasteiger partial charge in [0, 0.05) is 19.6 Å². The molecule has 0 aromatic rings. The molecule has 0 N–H and O–H groups in total. The molecule has 0 aromatic heterocycles. The van der Waals surface area contributed by atoms with Gasteiger partial charge in [-0.1, -0.05) is 0 Å². The van der Waals surface area contributed by atoms with Gasteiger partial charge in [0.1, 0.15) is 0 Å². The van der Waals surface area contributed by atoms with E-state index in [9.17, 15) is 4.79 Å². The van der Waals surface area contributed by atoms with Crippen molar-refractivity contribution in [1.29, 1.82) is 0 Å². The molecule has 12 heavy (non-hydrogen) atoms. The van der Waals surface area contributed by atoms with E-state index in [0.29, 0.717) is 6.04 Å². The molecule has 1 aliphatic rings. The molecule has 1 rings (SSSR count). The van der Waals surface area contributed by atoms with Crippen molar-refractivity contribution in [2.24, 2.45) is 0 Å². The minimum absolute atomic E-state index is 0.365. The predicted molar refractivity (Wildman–Crippen MR) is 49.5 cm³/mol. The van der Waals surface area contributed by atoms with Crippen LogP contribution < -0.4 is 0 Å². The molecule has 0 bridgehead atoms. The smallest absolute Gasteiger partial charge is 0.316 e. The molecular formula is C8H15ClN2O. The van der Waals surface area contributed by atoms with Crippen LogP contribution in [0.5, 0.6) is 0 Å². The quantitative estimate of drug-likeness (QED) is 0.485. The number of carbonyl (C=O) groups is 1. The third-order valence-electron chi connectivity index (χ3n) is 2.46. The average Bonchev–Trinajstić information content (AvgIpc) is 2.36. The van der Waals surface area contributed by atoms with Gasteiger partial charge >= 0.3 is 5.37 Å². The Kier molecular flexibility index (Phi) is 3.35. The van der Waals surface area contributed by atoms with E-state index in [1.165, 1.54) is 12.8 Å². The summed E-state index contributed by atoms with van der Waals surface area (Å²) in [5.41, 5.74) is 0. The number of hydrogen-bond donors (Lipinski definition) is 0. The molecule has 1 amide bonds. The van der Waals surface area contributed by atoms with E-state index in [0.717, 1.165) is 13.1 Å². The number of rotatable bonds is 2. The molecule has 1 fully saturated rings. The Morgan fingerprint density at radius 2 is 2.42 bits per heavy atom. The molecule has 1 unspecified atom stereocenters. The zero-order valence-corrected chi connectivity index (χ0v) is 8.34. The van der Waals surface area contributed by atoms with Gasteiger partial charge in [-0.15, -0.1) is 0 Å². The number of likely N-dealkylation sites (N-methyl/N-ethyl adjacent to an activating group) is 2. The Hall–Kier alpha value is -0.280. The maximum atomic E-state index is 10.7. The third kappa shape index (κ3) is 2.35. The molecule has 70 valence electrons. The van der Waals surface area contributed by atoms with Crippen LogP contribution >= 0.6 is 11.6 Å². The Bertz CT molecular complexity index is 174. The average molecular weight is 191 g/mol. The van der Waals surface area contributed by atoms with Crippen molar-refractivity contribution < 1.29 is 4.79 Å². The van der Waals surface area contributed by atoms with Gasteiger partial charge in [0.15, 0.2) is 0 Å². The fourth-order valence-electron chi connectivity index (χ4n) is 1.60. The van der Waals surface area contributed by atoms with Gasteiger partial charge in [-0.05, 0) is 38.0 Å². The van der Waals surface area contributed by atoms with Crippen LogP contribution in [-0.4, -0.2) is 48.4 Å². The molecule has 1 aliphatic heterocycles. The molecule has 1 atom stereocenters. The minimum atomic E-state index is -0.365. The lowest BCUT2D eigenvalue weighted by Crippen LogP contribution is -2.37. The Morgan fingerprint density at radius 3 is 2.83 bits per heavy atom. The van der Waals surface area contributed by atoms with Gasteiger partial charge in [0.2, 0.25) is 0 Å². The van der Waals surface area contributed by atoms with Gasteiger partial charge in [0.25, 0.3) is 0 Å². The second-order valence-corrected chi connectivity index (χ2v) is 3.73. The van der Waals surface area contributed by atoms with Gasteiger partial charge in [-0.2, -0.15) is 0 Å². The predicted octanol–water partition coefficient (Wildman–Crippen LogP) is 1.37. The molecule has 0 aliphatic carbocycles. The van der Waals surface area contributed by atoms with Gasteiger partial charge in [-0.3, -0.25) is 4.79 Å². The molecule has 4 heteroatoms. The maximum Gasteiger partial charge on any atom is 0.316 e. The van der Waals surface area contributed by atoms with E-state index in [1.807, 2.05) is 0 Å². The highest BCUT2D eigenvalue weighted by atomic mass is 35.5. The molecule has 0 spiro atoms. The summed E-state index contributed by atoms with van der Waals surface area (Å²) in [7, 11) is 3.83. The Morgan fingerprint density at radius 1 is 1.75 bits per heavy atom. The zero-order valence-electron chi connectivity index (χ0n) is 7.59. The summed E-state index contributed by atoms with van der Waals surface area (Å²) >= 11 is 5.32. The van der Waals surface area contributed by atoms with Crippen LogP contribution in [0, 0.1) is 0 Å². The molecule has 0 saturated carbocycles. The maximum absolute atomic E-state index is 10.7. The van der Waals surface area contributed by atoms with E-state index in [4.69, 9.17) is 11.6 Å². The third-order valence-corrected chi connectivity index (χ3v) is 2.74. The van der Waals surface area contributed by atoms with E-state index in [1.54, 1.807) is 11.9 Å². The summed E-state index contributed by atoms with van der Waals surface area (Å²) in [6, 6.07) is 0.498. The van der Waals surface area contributed by atoms with Crippen LogP contribution in [0.25, 0.3) is 0 Å². The van der Waals surface area contributed by atoms with E-state index < -0.39 is 0 Å². The van der Waals surface area contributed by atoms with Crippen molar-refractivity contribution in [3.63, 3.8) is 0 Å². The summed E-state index contributed by atoms with van der Waals surface area (Å²) in [5.74, 6) is 0. The normalized spacial score (nSPS) is 24.4. The SMILES string of the molecule is CN(CC1CCCN1C)C(=O)Cl. The number of hydrogen-bond acceptors (Lipinski definition) is 2. The second-order valence-electron chi connectivity index (χ2n) is 3.41. The molecule has 1 saturated heterocycles. The van der Waals surface area contributed by atoms with Crippen LogP contribution in [0.1, 0.15) is 12.8 Å². The first kappa shape index (κ1) is 9.81. The minimum Gasteiger partial charge on any atom is -0.331 e. The highest BCUT2D eigenvalue weighted by molar-refractivity contribution is 6.62. The number of nitrogens with zero attached hydrogens (tertiary/aromatic N) is 2. The van der Waals surface area contributed by atoms with Crippen molar-refractivity contribution >= 4 is 17.0 Å². The number of carbonyl (C=O) groups excluding carboxylic acids is 1. The summed E-state index contributed by atoms with van der Waals surface area (Å²) in [6.45, 7) is 1.88. The molecule has 1 heterocycles. The molecule has 0 radical (unpaired) electrons. The van der Waals surface area contributed by atoms with Gasteiger partial charge in [-0.25, -0.2) is 0 Å². The van der Waals surface area contributed by atoms with Crippen molar-refractivity contribution in [2.45, 2.75) is 18.9 Å². The monoisotopic (exact) mass is 190 g/mol. The second kappa shape index (κ2) is 4.10. The highest BCUT2D eigenvalue weighted by Gasteiger charge is 2.22. The molecule has 0 aromatic carbocycles. The van der Waals surface area contributed by atoms with E-state index >= 15 is 0 Å². The van der Waals surface area contributed by atoms with Gasteiger partial charge < -0.3 is 9.80 Å². The fraction of sp³-hybridized carbons (Fsp3) is 0.875. The van der Waals surface area contributed by atoms with Crippen LogP contribution in [0.4, 0.5) is 4.79 Å². The van der Waals surface area contributed by atoms with Crippen molar-refractivity contribution in [3.8, 4) is 0 Å². The highest BCUT2D eigenvalue weighted by Crippen LogP contribution is 2.15. The molecule has 3 nitrogen and oxygen atoms in total. The summed E-state index contributed by atoms with van der Waals surface area (Å²) in [6.07, 6.45) is 2.40. The van der Waals surface area contributed by atoms with Crippen molar-refractivity contribution in [2.75, 3.05) is 27.2 Å².